The predicted octanol–water partition coefficient (Wildman–Crippen LogP) is 5.84. The number of likely N-dealkylation sites (tertiary alicyclic amines) is 1. The maximum Gasteiger partial charge on any atom is 0.303 e. The molecule has 1 aliphatic rings. The molecule has 4 rings (SSSR count). The van der Waals surface area contributed by atoms with Crippen molar-refractivity contribution in [2.45, 2.75) is 97.3 Å². The Morgan fingerprint density at radius 3 is 2.27 bits per heavy atom. The highest BCUT2D eigenvalue weighted by atomic mass is 28.1. The number of ketones is 1. The monoisotopic (exact) mass is 695 g/mol. The fraction of sp³-hybridized carbons (Fsp3) is 0.526. The Morgan fingerprint density at radius 2 is 1.69 bits per heavy atom. The van der Waals surface area contributed by atoms with Gasteiger partial charge in [0.2, 0.25) is 0 Å². The minimum absolute atomic E-state index is 0.0360. The van der Waals surface area contributed by atoms with Crippen LogP contribution in [0.1, 0.15) is 85.0 Å². The molecule has 1 aromatic heterocycles. The number of carboxylic acid groups (broad SMARTS) is 1. The van der Waals surface area contributed by atoms with Gasteiger partial charge < -0.3 is 9.84 Å². The number of ether oxygens (including phenoxy) is 1. The van der Waals surface area contributed by atoms with Crippen molar-refractivity contribution >= 4 is 22.0 Å². The summed E-state index contributed by atoms with van der Waals surface area (Å²) in [5, 5.41) is 14.6. The van der Waals surface area contributed by atoms with Crippen molar-refractivity contribution in [2.75, 3.05) is 26.7 Å². The number of aliphatic carboxylic acids is 1. The van der Waals surface area contributed by atoms with Gasteiger partial charge in [-0.1, -0.05) is 13.8 Å². The predicted molar refractivity (Wildman–Crippen MR) is 192 cm³/mol. The molecule has 8 nitrogen and oxygen atoms in total. The van der Waals surface area contributed by atoms with Crippen LogP contribution in [0, 0.1) is 39.4 Å². The third-order valence-corrected chi connectivity index (χ3v) is 10.8. The second kappa shape index (κ2) is 16.3. The van der Waals surface area contributed by atoms with E-state index in [0.29, 0.717) is 53.3 Å². The lowest BCUT2D eigenvalue weighted by Crippen LogP contribution is -2.49. The van der Waals surface area contributed by atoms with E-state index in [1.807, 2.05) is 37.8 Å². The van der Waals surface area contributed by atoms with Gasteiger partial charge >= 0.3 is 5.97 Å². The van der Waals surface area contributed by atoms with Gasteiger partial charge in [-0.05, 0) is 121 Å². The van der Waals surface area contributed by atoms with Gasteiger partial charge in [-0.25, -0.2) is 13.5 Å². The van der Waals surface area contributed by atoms with E-state index in [4.69, 9.17) is 9.84 Å². The van der Waals surface area contributed by atoms with Crippen molar-refractivity contribution in [3.63, 3.8) is 0 Å². The highest BCUT2D eigenvalue weighted by Gasteiger charge is 2.32. The number of rotatable bonds is 16. The third-order valence-electron chi connectivity index (χ3n) is 9.72. The van der Waals surface area contributed by atoms with Crippen molar-refractivity contribution in [1.29, 1.82) is 0 Å². The van der Waals surface area contributed by atoms with Gasteiger partial charge in [0.1, 0.15) is 23.8 Å². The molecule has 2 heterocycles. The van der Waals surface area contributed by atoms with Crippen LogP contribution in [0.25, 0.3) is 11.1 Å². The maximum absolute atomic E-state index is 15.9. The first kappa shape index (κ1) is 38.1. The van der Waals surface area contributed by atoms with Gasteiger partial charge in [-0.15, -0.1) is 0 Å². The zero-order valence-corrected chi connectivity index (χ0v) is 32.1. The average Bonchev–Trinajstić information content (AvgIpc) is 2.99. The van der Waals surface area contributed by atoms with E-state index in [9.17, 15) is 23.9 Å². The molecular formula is C38H51F2N3O5Si. The largest absolute Gasteiger partial charge is 0.497 e. The van der Waals surface area contributed by atoms with Crippen LogP contribution in [-0.4, -0.2) is 74.7 Å². The molecule has 49 heavy (non-hydrogen) atoms. The summed E-state index contributed by atoms with van der Waals surface area (Å²) in [5.74, 6) is -1.56. The number of hydrogen-bond acceptors (Lipinski definition) is 6. The summed E-state index contributed by atoms with van der Waals surface area (Å²) in [6.45, 7) is 12.9. The van der Waals surface area contributed by atoms with E-state index >= 15 is 4.39 Å². The fourth-order valence-electron chi connectivity index (χ4n) is 7.34. The van der Waals surface area contributed by atoms with Gasteiger partial charge in [0.25, 0.3) is 5.56 Å². The van der Waals surface area contributed by atoms with E-state index < -0.39 is 29.9 Å². The lowest BCUT2D eigenvalue weighted by Gasteiger charge is -2.34. The molecule has 0 aliphatic carbocycles. The SMILES string of the molecule is COc1cc(C)c(-c2cc(C)c(F)c([C@@H](CCC(=O)[C@H](C([SiH3])CC(C)C)n3nc(CCN4CC(F)C4)c(C)cc3=O)CC(=O)O)c2)c(C)c1. The van der Waals surface area contributed by atoms with Crippen LogP contribution in [0.2, 0.25) is 5.54 Å². The molecule has 1 saturated heterocycles. The molecule has 11 heteroatoms. The molecular weight excluding hydrogens is 645 g/mol. The van der Waals surface area contributed by atoms with Crippen LogP contribution in [-0.2, 0) is 16.0 Å². The first-order chi connectivity index (χ1) is 23.1. The zero-order chi connectivity index (χ0) is 36.2. The number of carboxylic acids is 1. The Labute approximate surface area is 291 Å². The summed E-state index contributed by atoms with van der Waals surface area (Å²) in [7, 11) is 2.23. The third kappa shape index (κ3) is 9.30. The van der Waals surface area contributed by atoms with Gasteiger partial charge in [0, 0.05) is 48.8 Å². The molecule has 0 bridgehead atoms. The summed E-state index contributed by atoms with van der Waals surface area (Å²) in [4.78, 5) is 41.7. The lowest BCUT2D eigenvalue weighted by atomic mass is 9.84. The van der Waals surface area contributed by atoms with E-state index in [0.717, 1.165) is 34.2 Å². The summed E-state index contributed by atoms with van der Waals surface area (Å²) >= 11 is 0. The summed E-state index contributed by atoms with van der Waals surface area (Å²) < 4.78 is 36.0. The average molecular weight is 696 g/mol. The highest BCUT2D eigenvalue weighted by molar-refractivity contribution is 6.14. The quantitative estimate of drug-likeness (QED) is 0.188. The lowest BCUT2D eigenvalue weighted by molar-refractivity contribution is -0.137. The molecule has 1 fully saturated rings. The minimum Gasteiger partial charge on any atom is -0.497 e. The summed E-state index contributed by atoms with van der Waals surface area (Å²) in [6.07, 6.45) is 0.153. The number of carbonyl (C=O) groups is 2. The zero-order valence-electron chi connectivity index (χ0n) is 30.1. The molecule has 0 radical (unpaired) electrons. The fourth-order valence-corrected chi connectivity index (χ4v) is 8.93. The van der Waals surface area contributed by atoms with Crippen molar-refractivity contribution in [2.24, 2.45) is 5.92 Å². The second-order valence-electron chi connectivity index (χ2n) is 14.3. The number of methoxy groups -OCH3 is 1. The van der Waals surface area contributed by atoms with E-state index in [1.54, 1.807) is 26.2 Å². The standard InChI is InChI=1S/C38H51F2N3O5Si/c1-21(2)12-33(49)38(43-34(45)16-22(3)31(41-43)10-11-42-19-28(39)20-42)32(44)9-8-26(18-35(46)47)30-17-27(13-25(6)37(30)40)36-23(4)14-29(48-7)15-24(36)5/h13-17,21,26,28,33,38H,8-12,18-20H2,1-7,49H3,(H,46,47)/t26-,33?,38+/m0/s1. The molecule has 1 unspecified atom stereocenters. The van der Waals surface area contributed by atoms with Gasteiger partial charge in [0.05, 0.1) is 19.2 Å². The summed E-state index contributed by atoms with van der Waals surface area (Å²) in [5.41, 5.74) is 5.18. The number of halogens is 2. The van der Waals surface area contributed by atoms with Gasteiger partial charge in [-0.3, -0.25) is 19.3 Å². The molecule has 266 valence electrons. The number of alkyl halides is 1. The van der Waals surface area contributed by atoms with Gasteiger partial charge in [-0.2, -0.15) is 5.10 Å². The van der Waals surface area contributed by atoms with Crippen LogP contribution in [0.15, 0.2) is 35.1 Å². The van der Waals surface area contributed by atoms with Crippen LogP contribution in [0.4, 0.5) is 8.78 Å². The number of nitrogens with zero attached hydrogens (tertiary/aromatic N) is 3. The number of benzene rings is 2. The Balaban J connectivity index is 1.67. The first-order valence-electron chi connectivity index (χ1n) is 17.2. The van der Waals surface area contributed by atoms with Crippen molar-refractivity contribution in [1.82, 2.24) is 14.7 Å². The van der Waals surface area contributed by atoms with Crippen LogP contribution in [0.5, 0.6) is 5.75 Å². The van der Waals surface area contributed by atoms with Gasteiger partial charge in [0.15, 0.2) is 5.78 Å². The molecule has 0 spiro atoms. The number of aryl methyl sites for hydroxylation is 4. The molecule has 0 saturated carbocycles. The Morgan fingerprint density at radius 1 is 1.04 bits per heavy atom. The van der Waals surface area contributed by atoms with Crippen LogP contribution in [0.3, 0.4) is 0 Å². The second-order valence-corrected chi connectivity index (χ2v) is 15.8. The molecule has 2 aromatic carbocycles. The van der Waals surface area contributed by atoms with Crippen molar-refractivity contribution in [3.8, 4) is 16.9 Å². The summed E-state index contributed by atoms with van der Waals surface area (Å²) in [6, 6.07) is 8.01. The smallest absolute Gasteiger partial charge is 0.303 e. The van der Waals surface area contributed by atoms with E-state index in [-0.39, 0.29) is 47.6 Å². The normalized spacial score (nSPS) is 15.6. The molecule has 0 amide bonds. The highest BCUT2D eigenvalue weighted by Crippen LogP contribution is 2.38. The molecule has 1 aliphatic heterocycles. The molecule has 1 N–H and O–H groups in total. The Bertz CT molecular complexity index is 1710. The van der Waals surface area contributed by atoms with E-state index in [2.05, 4.69) is 13.8 Å². The van der Waals surface area contributed by atoms with Crippen LogP contribution < -0.4 is 10.3 Å². The number of aromatic nitrogens is 2. The Hall–Kier alpha value is -3.70. The number of hydrogen-bond donors (Lipinski definition) is 1. The van der Waals surface area contributed by atoms with Crippen LogP contribution >= 0.6 is 0 Å². The molecule has 3 aromatic rings. The van der Waals surface area contributed by atoms with Crippen molar-refractivity contribution < 1.29 is 28.2 Å². The van der Waals surface area contributed by atoms with E-state index in [1.165, 1.54) is 10.7 Å². The number of carbonyl (C=O) groups excluding carboxylic acids is 1. The first-order valence-corrected chi connectivity index (χ1v) is 18.4. The minimum atomic E-state index is -1.09. The maximum atomic E-state index is 15.9. The topological polar surface area (TPSA) is 102 Å². The Kier molecular flexibility index (Phi) is 12.7. The van der Waals surface area contributed by atoms with Crippen molar-refractivity contribution in [3.05, 3.63) is 80.0 Å². The molecule has 3 atom stereocenters. The number of Topliss-reactive ketones (excluding diaryl/α,β-unsaturated/α-hetero) is 1.